The molecule has 0 spiro atoms. The molecule has 0 aliphatic carbocycles. The van der Waals surface area contributed by atoms with Gasteiger partial charge in [0.1, 0.15) is 5.84 Å². The summed E-state index contributed by atoms with van der Waals surface area (Å²) >= 11 is 0. The number of nitrogens with zero attached hydrogens (tertiary/aromatic N) is 2. The molecule has 0 N–H and O–H groups in total. The van der Waals surface area contributed by atoms with Gasteiger partial charge in [0.2, 0.25) is 0 Å². The van der Waals surface area contributed by atoms with Gasteiger partial charge in [0.15, 0.2) is 0 Å². The van der Waals surface area contributed by atoms with E-state index in [4.69, 9.17) is 0 Å². The van der Waals surface area contributed by atoms with Gasteiger partial charge in [-0.1, -0.05) is 34.3 Å². The van der Waals surface area contributed by atoms with Gasteiger partial charge in [0.05, 0.1) is 0 Å². The van der Waals surface area contributed by atoms with E-state index in [9.17, 15) is 0 Å². The summed E-state index contributed by atoms with van der Waals surface area (Å²) in [5, 5.41) is 0. The molecule has 0 radical (unpaired) electrons. The van der Waals surface area contributed by atoms with Crippen molar-refractivity contribution in [3.05, 3.63) is 25.9 Å². The lowest BCUT2D eigenvalue weighted by Crippen LogP contribution is -1.78. The van der Waals surface area contributed by atoms with E-state index < -0.39 is 0 Å². The van der Waals surface area contributed by atoms with Crippen molar-refractivity contribution < 1.29 is 0 Å². The predicted molar refractivity (Wildman–Crippen MR) is 66.8 cm³/mol. The molecule has 0 saturated heterocycles. The molecule has 0 atom stereocenters. The highest BCUT2D eigenvalue weighted by molar-refractivity contribution is 5.84. The van der Waals surface area contributed by atoms with Crippen LogP contribution < -0.4 is 0 Å². The molecule has 0 aromatic heterocycles. The molecule has 0 heterocycles. The first-order chi connectivity index (χ1) is 6.31. The minimum Gasteiger partial charge on any atom is -0.250 e. The highest BCUT2D eigenvalue weighted by atomic mass is 14.9. The smallest absolute Gasteiger partial charge is 0.124 e. The van der Waals surface area contributed by atoms with E-state index in [1.807, 2.05) is 27.7 Å². The number of amidine groups is 1. The third-order valence-electron chi connectivity index (χ3n) is 0.507. The highest BCUT2D eigenvalue weighted by Crippen LogP contribution is 1.75. The standard InChI is InChI=1S/C5H8N2.2C2H6.C2H4/c1-4-7-5(2)6-3;3*1-2/h4H,1,3H2,2H3;2*1-2H3;1-2H2. The Balaban J connectivity index is -0.0000000573. The predicted octanol–water partition coefficient (Wildman–Crippen LogP) is 4.10. The van der Waals surface area contributed by atoms with Gasteiger partial charge < -0.3 is 0 Å². The van der Waals surface area contributed by atoms with E-state index in [1.165, 1.54) is 6.20 Å². The number of aliphatic imine (C=N–C) groups is 2. The van der Waals surface area contributed by atoms with Crippen molar-refractivity contribution in [2.45, 2.75) is 34.6 Å². The fourth-order valence-corrected chi connectivity index (χ4v) is 0.173. The van der Waals surface area contributed by atoms with Crippen molar-refractivity contribution in [3.63, 3.8) is 0 Å². The zero-order valence-corrected chi connectivity index (χ0v) is 9.80. The number of hydrogen-bond acceptors (Lipinski definition) is 1. The second-order valence-corrected chi connectivity index (χ2v) is 1.02. The van der Waals surface area contributed by atoms with Crippen LogP contribution in [0.25, 0.3) is 0 Å². The molecule has 2 nitrogen and oxygen atoms in total. The maximum Gasteiger partial charge on any atom is 0.124 e. The van der Waals surface area contributed by atoms with E-state index in [0.29, 0.717) is 5.84 Å². The van der Waals surface area contributed by atoms with Gasteiger partial charge in [-0.25, -0.2) is 9.98 Å². The van der Waals surface area contributed by atoms with Gasteiger partial charge in [0, 0.05) is 6.20 Å². The third-order valence-corrected chi connectivity index (χ3v) is 0.507. The molecular formula is C11H24N2. The summed E-state index contributed by atoms with van der Waals surface area (Å²) in [6.07, 6.45) is 1.43. The van der Waals surface area contributed by atoms with E-state index in [-0.39, 0.29) is 0 Å². The molecule has 0 fully saturated rings. The van der Waals surface area contributed by atoms with Crippen LogP contribution in [-0.2, 0) is 0 Å². The van der Waals surface area contributed by atoms with Crippen LogP contribution in [0.5, 0.6) is 0 Å². The van der Waals surface area contributed by atoms with Crippen molar-refractivity contribution >= 4 is 12.6 Å². The quantitative estimate of drug-likeness (QED) is 0.333. The zero-order valence-electron chi connectivity index (χ0n) is 9.80. The lowest BCUT2D eigenvalue weighted by molar-refractivity contribution is 1.48. The molecule has 0 saturated carbocycles. The first kappa shape index (κ1) is 22.6. The minimum absolute atomic E-state index is 0.648. The Morgan fingerprint density at radius 2 is 1.38 bits per heavy atom. The van der Waals surface area contributed by atoms with E-state index in [2.05, 4.69) is 36.4 Å². The van der Waals surface area contributed by atoms with Gasteiger partial charge in [-0.3, -0.25) is 0 Å². The van der Waals surface area contributed by atoms with Crippen molar-refractivity contribution in [3.8, 4) is 0 Å². The lowest BCUT2D eigenvalue weighted by atomic mass is 10.7. The average Bonchev–Trinajstić information content (AvgIpc) is 2.27. The Labute approximate surface area is 83.8 Å². The number of rotatable bonds is 1. The van der Waals surface area contributed by atoms with Gasteiger partial charge >= 0.3 is 0 Å². The van der Waals surface area contributed by atoms with Crippen LogP contribution in [0.3, 0.4) is 0 Å². The second-order valence-electron chi connectivity index (χ2n) is 1.02. The first-order valence-electron chi connectivity index (χ1n) is 4.43. The fraction of sp³-hybridized carbons (Fsp3) is 0.455. The Morgan fingerprint density at radius 1 is 1.08 bits per heavy atom. The first-order valence-corrected chi connectivity index (χ1v) is 4.43. The molecule has 0 aromatic carbocycles. The Bertz CT molecular complexity index is 115. The van der Waals surface area contributed by atoms with Crippen molar-refractivity contribution in [2.24, 2.45) is 9.98 Å². The molecule has 0 aliphatic rings. The minimum atomic E-state index is 0.648. The fourth-order valence-electron chi connectivity index (χ4n) is 0.173. The molecule has 0 amide bonds. The summed E-state index contributed by atoms with van der Waals surface area (Å²) in [5.74, 6) is 0.648. The van der Waals surface area contributed by atoms with Gasteiger partial charge in [0.25, 0.3) is 0 Å². The zero-order chi connectivity index (χ0) is 11.7. The molecule has 13 heavy (non-hydrogen) atoms. The van der Waals surface area contributed by atoms with Gasteiger partial charge in [-0.05, 0) is 13.6 Å². The normalized spacial score (nSPS) is 7.00. The SMILES string of the molecule is C=C.C=CN=C(C)N=C.CC.CC. The van der Waals surface area contributed by atoms with Crippen LogP contribution in [-0.4, -0.2) is 12.6 Å². The lowest BCUT2D eigenvalue weighted by Gasteiger charge is -1.79. The summed E-state index contributed by atoms with van der Waals surface area (Å²) in [6.45, 7) is 22.4. The molecule has 0 rings (SSSR count). The van der Waals surface area contributed by atoms with Crippen LogP contribution in [0.4, 0.5) is 0 Å². The molecule has 0 unspecified atom stereocenters. The van der Waals surface area contributed by atoms with Crippen molar-refractivity contribution in [1.29, 1.82) is 0 Å². The van der Waals surface area contributed by atoms with Crippen LogP contribution in [0.1, 0.15) is 34.6 Å². The Morgan fingerprint density at radius 3 is 1.46 bits per heavy atom. The van der Waals surface area contributed by atoms with Crippen LogP contribution in [0.2, 0.25) is 0 Å². The molecular weight excluding hydrogens is 160 g/mol. The Kier molecular flexibility index (Phi) is 78.2. The molecule has 78 valence electrons. The summed E-state index contributed by atoms with van der Waals surface area (Å²) in [5.41, 5.74) is 0. The Hall–Kier alpha value is -1.18. The second kappa shape index (κ2) is 44.9. The van der Waals surface area contributed by atoms with Crippen molar-refractivity contribution in [2.75, 3.05) is 0 Å². The molecule has 2 heteroatoms. The highest BCUT2D eigenvalue weighted by Gasteiger charge is 1.71. The summed E-state index contributed by atoms with van der Waals surface area (Å²) < 4.78 is 0. The molecule has 0 aromatic rings. The molecule has 0 aliphatic heterocycles. The summed E-state index contributed by atoms with van der Waals surface area (Å²) in [4.78, 5) is 7.20. The van der Waals surface area contributed by atoms with Crippen LogP contribution in [0.15, 0.2) is 35.9 Å². The maximum atomic E-state index is 3.69. The maximum absolute atomic E-state index is 3.69. The average molecular weight is 184 g/mol. The topological polar surface area (TPSA) is 24.7 Å². The summed E-state index contributed by atoms with van der Waals surface area (Å²) in [6, 6.07) is 0. The van der Waals surface area contributed by atoms with Crippen LogP contribution >= 0.6 is 0 Å². The van der Waals surface area contributed by atoms with E-state index in [1.54, 1.807) is 6.92 Å². The number of hydrogen-bond donors (Lipinski definition) is 0. The van der Waals surface area contributed by atoms with E-state index >= 15 is 0 Å². The van der Waals surface area contributed by atoms with Crippen molar-refractivity contribution in [1.82, 2.24) is 0 Å². The van der Waals surface area contributed by atoms with Gasteiger partial charge in [-0.15, -0.1) is 13.2 Å². The monoisotopic (exact) mass is 184 g/mol. The van der Waals surface area contributed by atoms with Gasteiger partial charge in [-0.2, -0.15) is 0 Å². The largest absolute Gasteiger partial charge is 0.250 e. The van der Waals surface area contributed by atoms with E-state index in [0.717, 1.165) is 0 Å². The third kappa shape index (κ3) is 57.7. The molecule has 0 bridgehead atoms. The summed E-state index contributed by atoms with van der Waals surface area (Å²) in [7, 11) is 0. The van der Waals surface area contributed by atoms with Crippen LogP contribution in [0, 0.1) is 0 Å².